The van der Waals surface area contributed by atoms with Gasteiger partial charge in [-0.2, -0.15) is 4.98 Å². The van der Waals surface area contributed by atoms with Crippen LogP contribution < -0.4 is 5.32 Å². The maximum absolute atomic E-state index is 12.7. The summed E-state index contributed by atoms with van der Waals surface area (Å²) in [5.41, 5.74) is 2.12. The third-order valence-electron chi connectivity index (χ3n) is 3.57. The van der Waals surface area contributed by atoms with Crippen molar-refractivity contribution in [3.63, 3.8) is 0 Å². The number of hydrogen-bond acceptors (Lipinski definition) is 5. The van der Waals surface area contributed by atoms with Gasteiger partial charge in [0.05, 0.1) is 11.3 Å². The first-order valence-electron chi connectivity index (χ1n) is 7.62. The highest BCUT2D eigenvalue weighted by Crippen LogP contribution is 2.28. The lowest BCUT2D eigenvalue weighted by Gasteiger charge is -2.11. The quantitative estimate of drug-likeness (QED) is 0.645. The summed E-state index contributed by atoms with van der Waals surface area (Å²) in [4.78, 5) is 17.7. The second kappa shape index (κ2) is 7.72. The summed E-state index contributed by atoms with van der Waals surface area (Å²) in [5, 5.41) is 7.31. The highest BCUT2D eigenvalue weighted by molar-refractivity contribution is 7.98. The van der Waals surface area contributed by atoms with Gasteiger partial charge < -0.3 is 9.84 Å². The van der Waals surface area contributed by atoms with Crippen molar-refractivity contribution in [2.45, 2.75) is 24.5 Å². The average Bonchev–Trinajstić information content (AvgIpc) is 3.03. The lowest BCUT2D eigenvalue weighted by molar-refractivity contribution is 0.102. The van der Waals surface area contributed by atoms with E-state index in [1.54, 1.807) is 19.1 Å². The standard InChI is InChI=1S/C18H16ClN3O2S/c1-11-14(19)7-5-8-15(11)21-18(23)13-6-3-4-9-16(13)25-10-17-20-12(2)22-24-17/h3-9H,10H2,1-2H3,(H,21,23). The molecule has 1 aromatic heterocycles. The fraction of sp³-hybridized carbons (Fsp3) is 0.167. The van der Waals surface area contributed by atoms with Crippen LogP contribution in [0, 0.1) is 13.8 Å². The predicted molar refractivity (Wildman–Crippen MR) is 99.2 cm³/mol. The summed E-state index contributed by atoms with van der Waals surface area (Å²) in [6.45, 7) is 3.64. The fourth-order valence-corrected chi connectivity index (χ4v) is 3.31. The van der Waals surface area contributed by atoms with Crippen molar-refractivity contribution in [3.8, 4) is 0 Å². The van der Waals surface area contributed by atoms with Crippen molar-refractivity contribution in [2.24, 2.45) is 0 Å². The van der Waals surface area contributed by atoms with Gasteiger partial charge in [-0.3, -0.25) is 4.79 Å². The number of benzene rings is 2. The van der Waals surface area contributed by atoms with E-state index in [1.807, 2.05) is 37.3 Å². The van der Waals surface area contributed by atoms with Crippen LogP contribution in [0.5, 0.6) is 0 Å². The van der Waals surface area contributed by atoms with Gasteiger partial charge in [0.15, 0.2) is 5.82 Å². The number of amides is 1. The summed E-state index contributed by atoms with van der Waals surface area (Å²) < 4.78 is 5.11. The van der Waals surface area contributed by atoms with E-state index in [9.17, 15) is 4.79 Å². The first kappa shape index (κ1) is 17.5. The van der Waals surface area contributed by atoms with Crippen molar-refractivity contribution in [3.05, 3.63) is 70.3 Å². The van der Waals surface area contributed by atoms with Gasteiger partial charge >= 0.3 is 0 Å². The molecule has 25 heavy (non-hydrogen) atoms. The van der Waals surface area contributed by atoms with Crippen LogP contribution in [0.2, 0.25) is 5.02 Å². The van der Waals surface area contributed by atoms with Gasteiger partial charge in [0.25, 0.3) is 5.91 Å². The van der Waals surface area contributed by atoms with Gasteiger partial charge in [-0.05, 0) is 43.7 Å². The Bertz CT molecular complexity index is 911. The van der Waals surface area contributed by atoms with Crippen molar-refractivity contribution < 1.29 is 9.32 Å². The molecule has 3 rings (SSSR count). The van der Waals surface area contributed by atoms with Crippen LogP contribution in [-0.2, 0) is 5.75 Å². The van der Waals surface area contributed by atoms with E-state index in [0.29, 0.717) is 33.7 Å². The van der Waals surface area contributed by atoms with Crippen LogP contribution in [0.4, 0.5) is 5.69 Å². The summed E-state index contributed by atoms with van der Waals surface area (Å²) >= 11 is 7.59. The molecule has 0 bridgehead atoms. The minimum absolute atomic E-state index is 0.185. The molecule has 2 aromatic carbocycles. The Morgan fingerprint density at radius 3 is 2.76 bits per heavy atom. The third-order valence-corrected chi connectivity index (χ3v) is 5.04. The van der Waals surface area contributed by atoms with Crippen LogP contribution in [0.1, 0.15) is 27.6 Å². The third kappa shape index (κ3) is 4.21. The van der Waals surface area contributed by atoms with Crippen molar-refractivity contribution in [1.29, 1.82) is 0 Å². The van der Waals surface area contributed by atoms with Crippen LogP contribution in [-0.4, -0.2) is 16.0 Å². The number of aryl methyl sites for hydroxylation is 1. The zero-order chi connectivity index (χ0) is 17.8. The van der Waals surface area contributed by atoms with E-state index in [2.05, 4.69) is 15.5 Å². The highest BCUT2D eigenvalue weighted by Gasteiger charge is 2.14. The van der Waals surface area contributed by atoms with Gasteiger partial charge in [0, 0.05) is 15.6 Å². The SMILES string of the molecule is Cc1noc(CSc2ccccc2C(=O)Nc2cccc(Cl)c2C)n1. The molecule has 0 atom stereocenters. The van der Waals surface area contributed by atoms with Gasteiger partial charge in [0.1, 0.15) is 0 Å². The molecule has 128 valence electrons. The zero-order valence-corrected chi connectivity index (χ0v) is 15.3. The van der Waals surface area contributed by atoms with Gasteiger partial charge in [-0.15, -0.1) is 11.8 Å². The largest absolute Gasteiger partial charge is 0.338 e. The van der Waals surface area contributed by atoms with E-state index < -0.39 is 0 Å². The summed E-state index contributed by atoms with van der Waals surface area (Å²) in [5.74, 6) is 1.44. The number of carbonyl (C=O) groups is 1. The van der Waals surface area contributed by atoms with Crippen LogP contribution in [0.15, 0.2) is 51.9 Å². The molecule has 0 unspecified atom stereocenters. The van der Waals surface area contributed by atoms with E-state index in [-0.39, 0.29) is 5.91 Å². The molecule has 0 aliphatic rings. The molecule has 0 radical (unpaired) electrons. The van der Waals surface area contributed by atoms with Crippen LogP contribution >= 0.6 is 23.4 Å². The van der Waals surface area contributed by atoms with E-state index in [0.717, 1.165) is 10.5 Å². The maximum Gasteiger partial charge on any atom is 0.256 e. The average molecular weight is 374 g/mol. The zero-order valence-electron chi connectivity index (χ0n) is 13.7. The van der Waals surface area contributed by atoms with Crippen molar-refractivity contribution in [2.75, 3.05) is 5.32 Å². The Morgan fingerprint density at radius 1 is 1.20 bits per heavy atom. The van der Waals surface area contributed by atoms with Crippen LogP contribution in [0.3, 0.4) is 0 Å². The molecule has 0 fully saturated rings. The van der Waals surface area contributed by atoms with Crippen molar-refractivity contribution >= 4 is 35.0 Å². The Kier molecular flexibility index (Phi) is 5.40. The number of nitrogens with zero attached hydrogens (tertiary/aromatic N) is 2. The molecule has 0 aliphatic carbocycles. The topological polar surface area (TPSA) is 68.0 Å². The molecule has 0 saturated carbocycles. The first-order valence-corrected chi connectivity index (χ1v) is 8.98. The molecule has 0 spiro atoms. The Hall–Kier alpha value is -2.31. The minimum Gasteiger partial charge on any atom is -0.338 e. The number of thioether (sulfide) groups is 1. The summed E-state index contributed by atoms with van der Waals surface area (Å²) in [7, 11) is 0. The Labute approximate surface area is 154 Å². The summed E-state index contributed by atoms with van der Waals surface area (Å²) in [6.07, 6.45) is 0. The monoisotopic (exact) mass is 373 g/mol. The molecule has 3 aromatic rings. The smallest absolute Gasteiger partial charge is 0.256 e. The first-order chi connectivity index (χ1) is 12.0. The van der Waals surface area contributed by atoms with Gasteiger partial charge in [0.2, 0.25) is 5.89 Å². The van der Waals surface area contributed by atoms with Gasteiger partial charge in [-0.25, -0.2) is 0 Å². The molecule has 0 saturated heterocycles. The number of anilines is 1. The maximum atomic E-state index is 12.7. The van der Waals surface area contributed by atoms with Crippen molar-refractivity contribution in [1.82, 2.24) is 10.1 Å². The molecular weight excluding hydrogens is 358 g/mol. The predicted octanol–water partition coefficient (Wildman–Crippen LogP) is 4.88. The highest BCUT2D eigenvalue weighted by atomic mass is 35.5. The number of aromatic nitrogens is 2. The number of halogens is 1. The summed E-state index contributed by atoms with van der Waals surface area (Å²) in [6, 6.07) is 12.8. The normalized spacial score (nSPS) is 10.7. The molecule has 5 nitrogen and oxygen atoms in total. The fourth-order valence-electron chi connectivity index (χ4n) is 2.25. The minimum atomic E-state index is -0.185. The number of nitrogens with one attached hydrogen (secondary N) is 1. The van der Waals surface area contributed by atoms with E-state index in [4.69, 9.17) is 16.1 Å². The second-order valence-electron chi connectivity index (χ2n) is 5.39. The van der Waals surface area contributed by atoms with Gasteiger partial charge in [-0.1, -0.05) is 35.0 Å². The second-order valence-corrected chi connectivity index (χ2v) is 6.81. The number of hydrogen-bond donors (Lipinski definition) is 1. The molecule has 1 amide bonds. The lowest BCUT2D eigenvalue weighted by atomic mass is 10.1. The molecular formula is C18H16ClN3O2S. The van der Waals surface area contributed by atoms with E-state index >= 15 is 0 Å². The molecule has 1 heterocycles. The van der Waals surface area contributed by atoms with E-state index in [1.165, 1.54) is 11.8 Å². The number of rotatable bonds is 5. The molecule has 7 heteroatoms. The molecule has 1 N–H and O–H groups in total. The number of carbonyl (C=O) groups excluding carboxylic acids is 1. The Balaban J connectivity index is 1.77. The Morgan fingerprint density at radius 2 is 2.00 bits per heavy atom. The van der Waals surface area contributed by atoms with Crippen LogP contribution in [0.25, 0.3) is 0 Å². The lowest BCUT2D eigenvalue weighted by Crippen LogP contribution is -2.13. The molecule has 0 aliphatic heterocycles.